The zero-order valence-corrected chi connectivity index (χ0v) is 16.6. The van der Waals surface area contributed by atoms with Crippen molar-refractivity contribution in [2.75, 3.05) is 17.7 Å². The summed E-state index contributed by atoms with van der Waals surface area (Å²) in [7, 11) is 1.62. The maximum absolute atomic E-state index is 12.8. The molecule has 10 heteroatoms. The van der Waals surface area contributed by atoms with Crippen molar-refractivity contribution in [3.63, 3.8) is 0 Å². The van der Waals surface area contributed by atoms with Gasteiger partial charge in [0.2, 0.25) is 11.8 Å². The van der Waals surface area contributed by atoms with Crippen LogP contribution < -0.4 is 20.9 Å². The second-order valence-electron chi connectivity index (χ2n) is 6.23. The number of nitrogens with zero attached hydrogens (tertiary/aromatic N) is 4. The Morgan fingerprint density at radius 3 is 2.50 bits per heavy atom. The Balaban J connectivity index is 1.59. The summed E-state index contributed by atoms with van der Waals surface area (Å²) in [6.07, 6.45) is 1.43. The van der Waals surface area contributed by atoms with Crippen LogP contribution in [0.1, 0.15) is 5.56 Å². The maximum atomic E-state index is 12.8. The van der Waals surface area contributed by atoms with E-state index in [9.17, 15) is 4.79 Å². The largest absolute Gasteiger partial charge is 0.436 e. The molecule has 2 aromatic heterocycles. The number of ether oxygens (including phenoxy) is 1. The molecule has 0 aliphatic carbocycles. The lowest BCUT2D eigenvalue weighted by atomic mass is 10.2. The van der Waals surface area contributed by atoms with Gasteiger partial charge in [-0.3, -0.25) is 9.36 Å². The van der Waals surface area contributed by atoms with Crippen molar-refractivity contribution in [3.8, 4) is 11.6 Å². The average molecular weight is 425 g/mol. The van der Waals surface area contributed by atoms with Crippen LogP contribution in [0.25, 0.3) is 0 Å². The molecule has 0 radical (unpaired) electrons. The monoisotopic (exact) mass is 424 g/mol. The van der Waals surface area contributed by atoms with E-state index in [0.29, 0.717) is 34.8 Å². The fourth-order valence-electron chi connectivity index (χ4n) is 2.70. The van der Waals surface area contributed by atoms with E-state index in [1.165, 1.54) is 10.8 Å². The summed E-state index contributed by atoms with van der Waals surface area (Å²) in [5, 5.41) is 18.3. The number of rotatable bonds is 7. The minimum Gasteiger partial charge on any atom is -0.436 e. The second kappa shape index (κ2) is 8.66. The fraction of sp³-hybridized carbons (Fsp3) is 0.100. The smallest absolute Gasteiger partial charge is 0.298 e. The minimum absolute atomic E-state index is 0.158. The van der Waals surface area contributed by atoms with E-state index in [1.54, 1.807) is 49.5 Å². The molecule has 0 saturated carbocycles. The van der Waals surface area contributed by atoms with Gasteiger partial charge in [-0.15, -0.1) is 10.2 Å². The molecule has 9 nitrogen and oxygen atoms in total. The molecular formula is C20H17ClN6O3. The molecule has 0 spiro atoms. The zero-order valence-electron chi connectivity index (χ0n) is 15.9. The zero-order chi connectivity index (χ0) is 20.9. The lowest BCUT2D eigenvalue weighted by molar-refractivity contribution is 0.367. The summed E-state index contributed by atoms with van der Waals surface area (Å²) < 4.78 is 11.8. The number of aromatic nitrogens is 4. The van der Waals surface area contributed by atoms with Crippen LogP contribution in [0.5, 0.6) is 11.6 Å². The number of benzene rings is 2. The molecule has 0 amide bonds. The summed E-state index contributed by atoms with van der Waals surface area (Å²) >= 11 is 5.96. The Bertz CT molecular complexity index is 1170. The Labute approximate surface area is 176 Å². The molecule has 0 aliphatic heterocycles. The minimum atomic E-state index is -0.295. The molecule has 4 aromatic rings. The number of nitrogens with one attached hydrogen (secondary N) is 2. The molecule has 152 valence electrons. The molecule has 0 bridgehead atoms. The van der Waals surface area contributed by atoms with Gasteiger partial charge >= 0.3 is 0 Å². The maximum Gasteiger partial charge on any atom is 0.298 e. The first kappa shape index (κ1) is 19.5. The van der Waals surface area contributed by atoms with Gasteiger partial charge in [-0.1, -0.05) is 23.7 Å². The van der Waals surface area contributed by atoms with Crippen molar-refractivity contribution in [2.45, 2.75) is 6.54 Å². The topological polar surface area (TPSA) is 107 Å². The van der Waals surface area contributed by atoms with E-state index in [1.807, 2.05) is 12.1 Å². The highest BCUT2D eigenvalue weighted by Gasteiger charge is 2.12. The van der Waals surface area contributed by atoms with E-state index in [-0.39, 0.29) is 11.4 Å². The van der Waals surface area contributed by atoms with Crippen molar-refractivity contribution in [3.05, 3.63) is 81.8 Å². The third-order valence-corrected chi connectivity index (χ3v) is 4.44. The molecular weight excluding hydrogens is 408 g/mol. The van der Waals surface area contributed by atoms with Crippen molar-refractivity contribution in [2.24, 2.45) is 0 Å². The number of hydrogen-bond donors (Lipinski definition) is 2. The summed E-state index contributed by atoms with van der Waals surface area (Å²) in [6, 6.07) is 16.0. The van der Waals surface area contributed by atoms with Gasteiger partial charge in [-0.05, 0) is 47.1 Å². The van der Waals surface area contributed by atoms with E-state index in [2.05, 4.69) is 26.0 Å². The van der Waals surface area contributed by atoms with Crippen molar-refractivity contribution < 1.29 is 9.26 Å². The summed E-state index contributed by atoms with van der Waals surface area (Å²) in [5.74, 6) is 1.41. The van der Waals surface area contributed by atoms with E-state index < -0.39 is 0 Å². The molecule has 4 rings (SSSR count). The van der Waals surface area contributed by atoms with Crippen LogP contribution in [-0.2, 0) is 6.54 Å². The van der Waals surface area contributed by atoms with Gasteiger partial charge in [0.05, 0.1) is 6.54 Å². The van der Waals surface area contributed by atoms with Gasteiger partial charge in [-0.2, -0.15) is 0 Å². The lowest BCUT2D eigenvalue weighted by Gasteiger charge is -2.14. The molecule has 0 atom stereocenters. The van der Waals surface area contributed by atoms with Gasteiger partial charge in [0.1, 0.15) is 12.0 Å². The molecule has 2 heterocycles. The first-order valence-electron chi connectivity index (χ1n) is 8.97. The fourth-order valence-corrected chi connectivity index (χ4v) is 2.82. The molecule has 0 fully saturated rings. The van der Waals surface area contributed by atoms with Gasteiger partial charge < -0.3 is 19.9 Å². The van der Waals surface area contributed by atoms with Crippen molar-refractivity contribution >= 4 is 29.1 Å². The molecule has 2 N–H and O–H groups in total. The third-order valence-electron chi connectivity index (χ3n) is 4.19. The normalized spacial score (nSPS) is 10.6. The van der Waals surface area contributed by atoms with Crippen LogP contribution in [0.2, 0.25) is 5.02 Å². The first-order chi connectivity index (χ1) is 14.6. The highest BCUT2D eigenvalue weighted by molar-refractivity contribution is 6.30. The van der Waals surface area contributed by atoms with Crippen LogP contribution in [0.15, 0.2) is 70.2 Å². The number of halogens is 1. The molecule has 0 unspecified atom stereocenters. The van der Waals surface area contributed by atoms with Crippen LogP contribution in [0, 0.1) is 0 Å². The Hall–Kier alpha value is -3.85. The average Bonchev–Trinajstić information content (AvgIpc) is 3.27. The quantitative estimate of drug-likeness (QED) is 0.460. The molecule has 0 aliphatic rings. The summed E-state index contributed by atoms with van der Waals surface area (Å²) in [5.41, 5.74) is 1.31. The van der Waals surface area contributed by atoms with Crippen molar-refractivity contribution in [1.29, 1.82) is 0 Å². The van der Waals surface area contributed by atoms with E-state index in [4.69, 9.17) is 20.9 Å². The predicted molar refractivity (Wildman–Crippen MR) is 113 cm³/mol. The molecule has 0 saturated heterocycles. The van der Waals surface area contributed by atoms with Crippen LogP contribution >= 0.6 is 11.6 Å². The standard InChI is InChI=1S/C20H17ClN6O3/c1-22-18-19(28)27(12-13-2-4-14(21)5-3-13)20(25-24-18)23-15-6-8-16(9-7-15)30-17-10-11-29-26-17/h2-11H,12H2,1H3,(H,22,24)(H,23,25). The van der Waals surface area contributed by atoms with E-state index in [0.717, 1.165) is 5.56 Å². The SMILES string of the molecule is CNc1nnc(Nc2ccc(Oc3ccon3)cc2)n(Cc2ccc(Cl)cc2)c1=O. The number of hydrogen-bond acceptors (Lipinski definition) is 8. The third kappa shape index (κ3) is 4.41. The highest BCUT2D eigenvalue weighted by Crippen LogP contribution is 2.23. The predicted octanol–water partition coefficient (Wildman–Crippen LogP) is 3.91. The molecule has 30 heavy (non-hydrogen) atoms. The first-order valence-corrected chi connectivity index (χ1v) is 9.35. The Morgan fingerprint density at radius 1 is 1.07 bits per heavy atom. The van der Waals surface area contributed by atoms with Crippen LogP contribution in [0.4, 0.5) is 17.5 Å². The van der Waals surface area contributed by atoms with Crippen LogP contribution in [-0.4, -0.2) is 27.0 Å². The van der Waals surface area contributed by atoms with Gasteiger partial charge in [0, 0.05) is 23.8 Å². The van der Waals surface area contributed by atoms with Crippen LogP contribution in [0.3, 0.4) is 0 Å². The Morgan fingerprint density at radius 2 is 1.83 bits per heavy atom. The summed E-state index contributed by atoms with van der Waals surface area (Å²) in [6.45, 7) is 0.301. The Kier molecular flexibility index (Phi) is 5.62. The van der Waals surface area contributed by atoms with Gasteiger partial charge in [-0.25, -0.2) is 0 Å². The number of anilines is 3. The lowest BCUT2D eigenvalue weighted by Crippen LogP contribution is -2.28. The second-order valence-corrected chi connectivity index (χ2v) is 6.67. The highest BCUT2D eigenvalue weighted by atomic mass is 35.5. The molecule has 2 aromatic carbocycles. The van der Waals surface area contributed by atoms with Gasteiger partial charge in [0.15, 0.2) is 0 Å². The van der Waals surface area contributed by atoms with Crippen molar-refractivity contribution in [1.82, 2.24) is 19.9 Å². The van der Waals surface area contributed by atoms with E-state index >= 15 is 0 Å². The summed E-state index contributed by atoms with van der Waals surface area (Å²) in [4.78, 5) is 12.8. The van der Waals surface area contributed by atoms with Gasteiger partial charge in [0.25, 0.3) is 11.4 Å².